The number of ether oxygens (including phenoxy) is 1. The van der Waals surface area contributed by atoms with Crippen molar-refractivity contribution in [3.8, 4) is 17.2 Å². The maximum absolute atomic E-state index is 5.74. The molecule has 24 heavy (non-hydrogen) atoms. The van der Waals surface area contributed by atoms with Gasteiger partial charge in [0.15, 0.2) is 0 Å². The Morgan fingerprint density at radius 1 is 0.958 bits per heavy atom. The van der Waals surface area contributed by atoms with Crippen molar-refractivity contribution in [3.05, 3.63) is 59.2 Å². The second-order valence-electron chi connectivity index (χ2n) is 5.76. The van der Waals surface area contributed by atoms with E-state index in [1.807, 2.05) is 18.2 Å². The first kappa shape index (κ1) is 16.6. The molecule has 0 bridgehead atoms. The second kappa shape index (κ2) is 7.53. The van der Waals surface area contributed by atoms with E-state index in [1.165, 1.54) is 28.5 Å². The van der Waals surface area contributed by atoms with Crippen LogP contribution in [0.3, 0.4) is 0 Å². The molecule has 4 nitrogen and oxygen atoms in total. The van der Waals surface area contributed by atoms with Gasteiger partial charge in [0.05, 0.1) is 6.61 Å². The van der Waals surface area contributed by atoms with Gasteiger partial charge in [-0.2, -0.15) is 0 Å². The molecule has 0 aliphatic heterocycles. The van der Waals surface area contributed by atoms with Crippen LogP contribution in [-0.4, -0.2) is 22.6 Å². The van der Waals surface area contributed by atoms with Gasteiger partial charge in [-0.25, -0.2) is 0 Å². The third-order valence-electron chi connectivity index (χ3n) is 3.44. The number of aryl methyl sites for hydroxylation is 3. The van der Waals surface area contributed by atoms with Gasteiger partial charge in [-0.05, 0) is 50.6 Å². The molecule has 0 radical (unpaired) electrons. The van der Waals surface area contributed by atoms with Gasteiger partial charge in [0.2, 0.25) is 5.89 Å². The minimum absolute atomic E-state index is 0.559. The molecule has 0 aliphatic rings. The zero-order valence-electron chi connectivity index (χ0n) is 14.1. The maximum Gasteiger partial charge on any atom is 0.276 e. The summed E-state index contributed by atoms with van der Waals surface area (Å²) >= 11 is 1.50. The van der Waals surface area contributed by atoms with Crippen LogP contribution in [-0.2, 0) is 0 Å². The maximum atomic E-state index is 5.74. The van der Waals surface area contributed by atoms with E-state index < -0.39 is 0 Å². The van der Waals surface area contributed by atoms with Crippen molar-refractivity contribution < 1.29 is 9.15 Å². The smallest absolute Gasteiger partial charge is 0.276 e. The molecule has 0 aliphatic carbocycles. The van der Waals surface area contributed by atoms with Crippen molar-refractivity contribution in [1.29, 1.82) is 0 Å². The summed E-state index contributed by atoms with van der Waals surface area (Å²) in [7, 11) is 0. The molecule has 3 rings (SSSR count). The molecule has 0 amide bonds. The highest BCUT2D eigenvalue weighted by Crippen LogP contribution is 2.25. The first-order valence-electron chi connectivity index (χ1n) is 7.84. The molecule has 0 atom stereocenters. The lowest BCUT2D eigenvalue weighted by Crippen LogP contribution is -2.00. The summed E-state index contributed by atoms with van der Waals surface area (Å²) < 4.78 is 11.5. The zero-order valence-corrected chi connectivity index (χ0v) is 14.9. The molecular weight excluding hydrogens is 320 g/mol. The Labute approximate surface area is 146 Å². The van der Waals surface area contributed by atoms with Crippen LogP contribution in [0.1, 0.15) is 16.7 Å². The van der Waals surface area contributed by atoms with Gasteiger partial charge < -0.3 is 9.15 Å². The Morgan fingerprint density at radius 3 is 2.50 bits per heavy atom. The van der Waals surface area contributed by atoms with Crippen molar-refractivity contribution in [3.63, 3.8) is 0 Å². The number of thioether (sulfide) groups is 1. The Bertz CT molecular complexity index is 809. The first-order valence-corrected chi connectivity index (χ1v) is 8.83. The van der Waals surface area contributed by atoms with E-state index in [0.717, 1.165) is 17.1 Å². The quantitative estimate of drug-likeness (QED) is 0.475. The Hall–Kier alpha value is -2.27. The van der Waals surface area contributed by atoms with Gasteiger partial charge in [-0.1, -0.05) is 41.1 Å². The standard InChI is InChI=1S/C19H20N2O2S/c1-13-5-4-6-17(12-13)22-7-8-24-19-21-20-18(23-19)16-10-14(2)9-15(3)11-16/h4-6,9-12H,7-8H2,1-3H3. The van der Waals surface area contributed by atoms with E-state index in [2.05, 4.69) is 55.2 Å². The number of hydrogen-bond acceptors (Lipinski definition) is 5. The molecule has 0 N–H and O–H groups in total. The largest absolute Gasteiger partial charge is 0.493 e. The van der Waals surface area contributed by atoms with Crippen LogP contribution in [0.5, 0.6) is 5.75 Å². The molecule has 0 spiro atoms. The van der Waals surface area contributed by atoms with Crippen LogP contribution in [0, 0.1) is 20.8 Å². The average molecular weight is 340 g/mol. The van der Waals surface area contributed by atoms with E-state index in [0.29, 0.717) is 17.7 Å². The van der Waals surface area contributed by atoms with Crippen molar-refractivity contribution in [2.45, 2.75) is 26.0 Å². The van der Waals surface area contributed by atoms with E-state index in [4.69, 9.17) is 9.15 Å². The molecule has 124 valence electrons. The normalized spacial score (nSPS) is 10.8. The van der Waals surface area contributed by atoms with Gasteiger partial charge in [-0.15, -0.1) is 10.2 Å². The van der Waals surface area contributed by atoms with Crippen molar-refractivity contribution >= 4 is 11.8 Å². The SMILES string of the molecule is Cc1cccc(OCCSc2nnc(-c3cc(C)cc(C)c3)o2)c1. The molecular formula is C19H20N2O2S. The highest BCUT2D eigenvalue weighted by Gasteiger charge is 2.10. The molecule has 0 saturated heterocycles. The first-order chi connectivity index (χ1) is 11.6. The fraction of sp³-hybridized carbons (Fsp3) is 0.263. The number of benzene rings is 2. The lowest BCUT2D eigenvalue weighted by molar-refractivity contribution is 0.343. The van der Waals surface area contributed by atoms with E-state index in [-0.39, 0.29) is 0 Å². The fourth-order valence-corrected chi connectivity index (χ4v) is 3.05. The average Bonchev–Trinajstić information content (AvgIpc) is 3.00. The fourth-order valence-electron chi connectivity index (χ4n) is 2.48. The summed E-state index contributed by atoms with van der Waals surface area (Å²) in [5, 5.41) is 8.81. The van der Waals surface area contributed by atoms with Crippen LogP contribution >= 0.6 is 11.8 Å². The minimum Gasteiger partial charge on any atom is -0.493 e. The van der Waals surface area contributed by atoms with Crippen LogP contribution in [0.2, 0.25) is 0 Å². The molecule has 3 aromatic rings. The summed E-state index contributed by atoms with van der Waals surface area (Å²) in [6.07, 6.45) is 0. The summed E-state index contributed by atoms with van der Waals surface area (Å²) in [6.45, 7) is 6.76. The third-order valence-corrected chi connectivity index (χ3v) is 4.22. The molecule has 0 saturated carbocycles. The molecule has 2 aromatic carbocycles. The lowest BCUT2D eigenvalue weighted by atomic mass is 10.1. The van der Waals surface area contributed by atoms with Crippen LogP contribution < -0.4 is 4.74 Å². The van der Waals surface area contributed by atoms with Gasteiger partial charge in [-0.3, -0.25) is 0 Å². The molecule has 0 fully saturated rings. The van der Waals surface area contributed by atoms with Crippen molar-refractivity contribution in [1.82, 2.24) is 10.2 Å². The van der Waals surface area contributed by atoms with Crippen molar-refractivity contribution in [2.24, 2.45) is 0 Å². The molecule has 1 heterocycles. The topological polar surface area (TPSA) is 48.2 Å². The highest BCUT2D eigenvalue weighted by atomic mass is 32.2. The summed E-state index contributed by atoms with van der Waals surface area (Å²) in [5.41, 5.74) is 4.52. The van der Waals surface area contributed by atoms with Gasteiger partial charge >= 0.3 is 0 Å². The number of nitrogens with zero attached hydrogens (tertiary/aromatic N) is 2. The van der Waals surface area contributed by atoms with Gasteiger partial charge in [0.1, 0.15) is 5.75 Å². The molecule has 5 heteroatoms. The highest BCUT2D eigenvalue weighted by molar-refractivity contribution is 7.99. The third kappa shape index (κ3) is 4.38. The summed E-state index contributed by atoms with van der Waals surface area (Å²) in [5.74, 6) is 2.20. The van der Waals surface area contributed by atoms with Gasteiger partial charge in [0.25, 0.3) is 5.22 Å². The molecule has 1 aromatic heterocycles. The second-order valence-corrected chi connectivity index (χ2v) is 6.81. The summed E-state index contributed by atoms with van der Waals surface area (Å²) in [4.78, 5) is 0. The van der Waals surface area contributed by atoms with Crippen molar-refractivity contribution in [2.75, 3.05) is 12.4 Å². The number of aromatic nitrogens is 2. The van der Waals surface area contributed by atoms with Crippen LogP contribution in [0.25, 0.3) is 11.5 Å². The lowest BCUT2D eigenvalue weighted by Gasteiger charge is -2.05. The Balaban J connectivity index is 1.54. The Morgan fingerprint density at radius 2 is 1.75 bits per heavy atom. The van der Waals surface area contributed by atoms with Crippen LogP contribution in [0.15, 0.2) is 52.1 Å². The van der Waals surface area contributed by atoms with Gasteiger partial charge in [0, 0.05) is 11.3 Å². The summed E-state index contributed by atoms with van der Waals surface area (Å²) in [6, 6.07) is 14.3. The molecule has 0 unspecified atom stereocenters. The predicted octanol–water partition coefficient (Wildman–Crippen LogP) is 4.83. The van der Waals surface area contributed by atoms with E-state index in [1.54, 1.807) is 0 Å². The monoisotopic (exact) mass is 340 g/mol. The predicted molar refractivity (Wildman–Crippen MR) is 96.6 cm³/mol. The number of hydrogen-bond donors (Lipinski definition) is 0. The zero-order chi connectivity index (χ0) is 16.9. The van der Waals surface area contributed by atoms with Crippen LogP contribution in [0.4, 0.5) is 0 Å². The minimum atomic E-state index is 0.559. The number of rotatable bonds is 6. The van der Waals surface area contributed by atoms with E-state index in [9.17, 15) is 0 Å². The Kier molecular flexibility index (Phi) is 5.20. The van der Waals surface area contributed by atoms with E-state index >= 15 is 0 Å².